The van der Waals surface area contributed by atoms with Crippen molar-refractivity contribution in [3.8, 4) is 5.75 Å². The molecule has 0 amide bonds. The van der Waals surface area contributed by atoms with Crippen LogP contribution >= 0.6 is 31.9 Å². The average Bonchev–Trinajstić information content (AvgIpc) is 2.36. The summed E-state index contributed by atoms with van der Waals surface area (Å²) >= 11 is 6.73. The molecule has 100 valence electrons. The number of nitrogens with zero attached hydrogens (tertiary/aromatic N) is 1. The monoisotopic (exact) mass is 377 g/mol. The van der Waals surface area contributed by atoms with Crippen molar-refractivity contribution in [1.82, 2.24) is 4.90 Å². The topological polar surface area (TPSA) is 32.7 Å². The lowest BCUT2D eigenvalue weighted by molar-refractivity contribution is -0.0324. The van der Waals surface area contributed by atoms with E-state index in [0.29, 0.717) is 6.10 Å². The van der Waals surface area contributed by atoms with Gasteiger partial charge in [0.15, 0.2) is 0 Å². The van der Waals surface area contributed by atoms with Gasteiger partial charge in [-0.05, 0) is 56.0 Å². The minimum atomic E-state index is 0.257. The first kappa shape index (κ1) is 14.3. The van der Waals surface area contributed by atoms with Crippen LogP contribution in [0.25, 0.3) is 0 Å². The second kappa shape index (κ2) is 6.37. The van der Waals surface area contributed by atoms with E-state index in [1.807, 2.05) is 12.1 Å². The Kier molecular flexibility index (Phi) is 5.06. The van der Waals surface area contributed by atoms with Crippen molar-refractivity contribution in [2.45, 2.75) is 26.0 Å². The first-order valence-electron chi connectivity index (χ1n) is 6.11. The van der Waals surface area contributed by atoms with Crippen molar-refractivity contribution in [3.05, 3.63) is 26.6 Å². The van der Waals surface area contributed by atoms with Gasteiger partial charge in [-0.25, -0.2) is 0 Å². The maximum Gasteiger partial charge on any atom is 0.143 e. The molecule has 0 radical (unpaired) electrons. The van der Waals surface area contributed by atoms with Crippen LogP contribution in [0.15, 0.2) is 21.1 Å². The van der Waals surface area contributed by atoms with Gasteiger partial charge >= 0.3 is 0 Å². The fraction of sp³-hybridized carbons (Fsp3) is 0.538. The van der Waals surface area contributed by atoms with Crippen molar-refractivity contribution in [3.63, 3.8) is 0 Å². The molecule has 1 aromatic carbocycles. The van der Waals surface area contributed by atoms with E-state index in [1.165, 1.54) is 5.56 Å². The number of halogens is 2. The van der Waals surface area contributed by atoms with Gasteiger partial charge in [0, 0.05) is 19.6 Å². The average molecular weight is 379 g/mol. The summed E-state index contributed by atoms with van der Waals surface area (Å²) in [4.78, 5) is 2.39. The fourth-order valence-corrected chi connectivity index (χ4v) is 3.42. The molecule has 18 heavy (non-hydrogen) atoms. The molecule has 3 nitrogen and oxygen atoms in total. The summed E-state index contributed by atoms with van der Waals surface area (Å²) in [7, 11) is 0. The largest absolute Gasteiger partial charge is 0.506 e. The molecule has 0 aliphatic carbocycles. The molecule has 5 heteroatoms. The van der Waals surface area contributed by atoms with Crippen LogP contribution in [0.1, 0.15) is 18.9 Å². The van der Waals surface area contributed by atoms with Gasteiger partial charge in [-0.3, -0.25) is 4.90 Å². The second-order valence-electron chi connectivity index (χ2n) is 4.54. The van der Waals surface area contributed by atoms with E-state index in [0.717, 1.165) is 41.6 Å². The summed E-state index contributed by atoms with van der Waals surface area (Å²) in [5.74, 6) is 0.257. The van der Waals surface area contributed by atoms with Crippen LogP contribution in [0.5, 0.6) is 5.75 Å². The van der Waals surface area contributed by atoms with Crippen molar-refractivity contribution in [2.24, 2.45) is 0 Å². The van der Waals surface area contributed by atoms with Crippen molar-refractivity contribution in [1.29, 1.82) is 0 Å². The third kappa shape index (κ3) is 3.47. The molecule has 1 aromatic rings. The van der Waals surface area contributed by atoms with Crippen LogP contribution in [0.2, 0.25) is 0 Å². The zero-order valence-corrected chi connectivity index (χ0v) is 13.5. The second-order valence-corrected chi connectivity index (χ2v) is 6.25. The van der Waals surface area contributed by atoms with Crippen molar-refractivity contribution in [2.75, 3.05) is 19.7 Å². The summed E-state index contributed by atoms with van der Waals surface area (Å²) in [5.41, 5.74) is 1.18. The number of phenols is 1. The third-order valence-electron chi connectivity index (χ3n) is 3.16. The van der Waals surface area contributed by atoms with Gasteiger partial charge in [0.25, 0.3) is 0 Å². The third-order valence-corrected chi connectivity index (χ3v) is 4.37. The van der Waals surface area contributed by atoms with E-state index in [-0.39, 0.29) is 5.75 Å². The standard InChI is InChI=1S/C13H17Br2NO2/c1-2-10-8-16(3-4-18-10)7-9-5-11(14)13(17)12(15)6-9/h5-6,10,17H,2-4,7-8H2,1H3. The Hall–Kier alpha value is -0.100. The van der Waals surface area contributed by atoms with E-state index >= 15 is 0 Å². The van der Waals surface area contributed by atoms with Crippen molar-refractivity contribution >= 4 is 31.9 Å². The van der Waals surface area contributed by atoms with Gasteiger partial charge < -0.3 is 9.84 Å². The Morgan fingerprint density at radius 1 is 1.39 bits per heavy atom. The van der Waals surface area contributed by atoms with Gasteiger partial charge in [-0.1, -0.05) is 6.92 Å². The quantitative estimate of drug-likeness (QED) is 0.873. The Balaban J connectivity index is 2.05. The molecule has 1 atom stereocenters. The molecular formula is C13H17Br2NO2. The lowest BCUT2D eigenvalue weighted by Gasteiger charge is -2.32. The fourth-order valence-electron chi connectivity index (χ4n) is 2.14. The van der Waals surface area contributed by atoms with Crippen LogP contribution in [0.4, 0.5) is 0 Å². The summed E-state index contributed by atoms with van der Waals surface area (Å²) in [6.07, 6.45) is 1.40. The highest BCUT2D eigenvalue weighted by Gasteiger charge is 2.19. The minimum Gasteiger partial charge on any atom is -0.506 e. The number of phenolic OH excluding ortho intramolecular Hbond substituents is 1. The molecule has 0 aromatic heterocycles. The molecule has 1 saturated heterocycles. The SMILES string of the molecule is CCC1CN(Cc2cc(Br)c(O)c(Br)c2)CCO1. The highest BCUT2D eigenvalue weighted by atomic mass is 79.9. The first-order valence-corrected chi connectivity index (χ1v) is 7.69. The lowest BCUT2D eigenvalue weighted by Crippen LogP contribution is -2.41. The van der Waals surface area contributed by atoms with Crippen LogP contribution in [-0.2, 0) is 11.3 Å². The number of hydrogen-bond donors (Lipinski definition) is 1. The number of benzene rings is 1. The lowest BCUT2D eigenvalue weighted by atomic mass is 10.1. The first-order chi connectivity index (χ1) is 8.60. The molecule has 0 bridgehead atoms. The highest BCUT2D eigenvalue weighted by molar-refractivity contribution is 9.11. The maximum absolute atomic E-state index is 9.69. The number of morpholine rings is 1. The predicted molar refractivity (Wildman–Crippen MR) is 78.8 cm³/mol. The smallest absolute Gasteiger partial charge is 0.143 e. The molecule has 1 aliphatic rings. The van der Waals surface area contributed by atoms with E-state index in [1.54, 1.807) is 0 Å². The molecule has 0 spiro atoms. The van der Waals surface area contributed by atoms with Crippen LogP contribution < -0.4 is 0 Å². The number of aromatic hydroxyl groups is 1. The van der Waals surface area contributed by atoms with Crippen LogP contribution in [0.3, 0.4) is 0 Å². The predicted octanol–water partition coefficient (Wildman–Crippen LogP) is 3.53. The Labute approximate surface area is 124 Å². The van der Waals surface area contributed by atoms with Gasteiger partial charge in [0.2, 0.25) is 0 Å². The Bertz CT molecular complexity index is 402. The van der Waals surface area contributed by atoms with Crippen LogP contribution in [-0.4, -0.2) is 35.8 Å². The van der Waals surface area contributed by atoms with E-state index < -0.39 is 0 Å². The summed E-state index contributed by atoms with van der Waals surface area (Å²) in [6, 6.07) is 3.94. The van der Waals surface area contributed by atoms with Gasteiger partial charge in [0.1, 0.15) is 5.75 Å². The summed E-state index contributed by atoms with van der Waals surface area (Å²) < 4.78 is 7.12. The van der Waals surface area contributed by atoms with Gasteiger partial charge in [0.05, 0.1) is 21.7 Å². The Morgan fingerprint density at radius 2 is 2.06 bits per heavy atom. The number of ether oxygens (including phenoxy) is 1. The molecule has 2 rings (SSSR count). The number of hydrogen-bond acceptors (Lipinski definition) is 3. The molecule has 1 unspecified atom stereocenters. The maximum atomic E-state index is 9.69. The van der Waals surface area contributed by atoms with Crippen molar-refractivity contribution < 1.29 is 9.84 Å². The normalized spacial score (nSPS) is 21.2. The van der Waals surface area contributed by atoms with E-state index in [9.17, 15) is 5.11 Å². The van der Waals surface area contributed by atoms with Gasteiger partial charge in [-0.2, -0.15) is 0 Å². The Morgan fingerprint density at radius 3 is 2.67 bits per heavy atom. The molecule has 1 heterocycles. The molecular weight excluding hydrogens is 362 g/mol. The van der Waals surface area contributed by atoms with Crippen LogP contribution in [0, 0.1) is 0 Å². The molecule has 1 N–H and O–H groups in total. The molecule has 1 fully saturated rings. The summed E-state index contributed by atoms with van der Waals surface area (Å²) in [5, 5.41) is 9.69. The molecule has 0 saturated carbocycles. The zero-order valence-electron chi connectivity index (χ0n) is 10.3. The minimum absolute atomic E-state index is 0.257. The van der Waals surface area contributed by atoms with Gasteiger partial charge in [-0.15, -0.1) is 0 Å². The summed E-state index contributed by atoms with van der Waals surface area (Å²) in [6.45, 7) is 5.79. The van der Waals surface area contributed by atoms with E-state index in [2.05, 4.69) is 43.7 Å². The highest BCUT2D eigenvalue weighted by Crippen LogP contribution is 2.33. The van der Waals surface area contributed by atoms with E-state index in [4.69, 9.17) is 4.74 Å². The zero-order chi connectivity index (χ0) is 13.1. The number of rotatable bonds is 3. The molecule has 1 aliphatic heterocycles.